The Labute approximate surface area is 270 Å². The molecule has 45 heavy (non-hydrogen) atoms. The van der Waals surface area contributed by atoms with E-state index >= 15 is 0 Å². The van der Waals surface area contributed by atoms with E-state index in [-0.39, 0.29) is 29.6 Å². The number of methoxy groups -OCH3 is 1. The molecule has 0 radical (unpaired) electrons. The van der Waals surface area contributed by atoms with Gasteiger partial charge in [0.25, 0.3) is 5.56 Å². The van der Waals surface area contributed by atoms with Gasteiger partial charge in [0, 0.05) is 10.4 Å². The highest BCUT2D eigenvalue weighted by Gasteiger charge is 2.35. The lowest BCUT2D eigenvalue weighted by Crippen LogP contribution is -2.39. The van der Waals surface area contributed by atoms with E-state index in [4.69, 9.17) is 30.8 Å². The topological polar surface area (TPSA) is 79.1 Å². The maximum atomic E-state index is 14.1. The number of hydrogen-bond donors (Lipinski definition) is 0. The predicted octanol–water partition coefficient (Wildman–Crippen LogP) is 6.38. The molecule has 6 rings (SSSR count). The van der Waals surface area contributed by atoms with Gasteiger partial charge in [-0.3, -0.25) is 9.36 Å². The molecule has 0 saturated carbocycles. The summed E-state index contributed by atoms with van der Waals surface area (Å²) in [4.78, 5) is 33.7. The van der Waals surface area contributed by atoms with Crippen molar-refractivity contribution in [1.29, 1.82) is 0 Å². The van der Waals surface area contributed by atoms with E-state index in [1.807, 2.05) is 47.8 Å². The van der Waals surface area contributed by atoms with Crippen LogP contribution in [0, 0.1) is 5.82 Å². The number of nitrogens with zero attached hydrogens (tertiary/aromatic N) is 2. The fraction of sp³-hybridized carbons (Fsp3) is 0.147. The highest BCUT2D eigenvalue weighted by atomic mass is 35.5. The summed E-state index contributed by atoms with van der Waals surface area (Å²) >= 11 is 9.30. The Kier molecular flexibility index (Phi) is 8.97. The summed E-state index contributed by atoms with van der Waals surface area (Å²) in [7, 11) is 1.50. The second-order valence-corrected chi connectivity index (χ2v) is 12.3. The number of ether oxygens (including phenoxy) is 3. The lowest BCUT2D eigenvalue weighted by atomic mass is 9.97. The van der Waals surface area contributed by atoms with E-state index < -0.39 is 12.0 Å². The van der Waals surface area contributed by atoms with Gasteiger partial charge in [-0.1, -0.05) is 71.5 Å². The van der Waals surface area contributed by atoms with Gasteiger partial charge in [0.2, 0.25) is 0 Å². The zero-order valence-corrected chi connectivity index (χ0v) is 26.5. The molecule has 0 spiro atoms. The van der Waals surface area contributed by atoms with Gasteiger partial charge < -0.3 is 14.2 Å². The van der Waals surface area contributed by atoms with Crippen molar-refractivity contribution in [2.45, 2.75) is 19.6 Å². The number of carbonyl (C=O) groups excluding carboxylic acids is 1. The zero-order chi connectivity index (χ0) is 31.5. The fourth-order valence-electron chi connectivity index (χ4n) is 5.01. The average molecular weight is 661 g/mol. The maximum Gasteiger partial charge on any atom is 0.338 e. The molecular weight excluding hydrogens is 635 g/mol. The van der Waals surface area contributed by atoms with Crippen LogP contribution in [0.1, 0.15) is 34.5 Å². The molecule has 0 N–H and O–H groups in total. The van der Waals surface area contributed by atoms with Crippen molar-refractivity contribution in [3.8, 4) is 11.5 Å². The van der Waals surface area contributed by atoms with E-state index in [9.17, 15) is 14.0 Å². The number of esters is 1. The highest BCUT2D eigenvalue weighted by Crippen LogP contribution is 2.38. The number of benzene rings is 3. The summed E-state index contributed by atoms with van der Waals surface area (Å²) in [6, 6.07) is 21.8. The van der Waals surface area contributed by atoms with E-state index in [0.717, 1.165) is 16.0 Å². The largest absolute Gasteiger partial charge is 0.493 e. The van der Waals surface area contributed by atoms with Crippen LogP contribution in [-0.4, -0.2) is 24.3 Å². The summed E-state index contributed by atoms with van der Waals surface area (Å²) in [5.41, 5.74) is 2.57. The number of fused-ring (bicyclic) bond motifs is 1. The molecule has 0 aliphatic carbocycles. The molecule has 0 fully saturated rings. The molecule has 1 aliphatic heterocycles. The van der Waals surface area contributed by atoms with Gasteiger partial charge in [0.05, 0.1) is 34.5 Å². The van der Waals surface area contributed by atoms with Gasteiger partial charge in [-0.2, -0.15) is 0 Å². The number of thiophene rings is 1. The lowest BCUT2D eigenvalue weighted by Gasteiger charge is -2.24. The normalized spacial score (nSPS) is 14.6. The van der Waals surface area contributed by atoms with Crippen molar-refractivity contribution in [1.82, 2.24) is 4.57 Å². The SMILES string of the molecule is CCOC(=O)C1=C(c2ccccc2)N=c2s/c(=C\c3cc(Cl)c(OCc4ccc(F)cc4)c(OC)c3)c(=O)n2[C@H]1c1cccs1. The summed E-state index contributed by atoms with van der Waals surface area (Å²) in [5.74, 6) is -0.165. The first-order valence-electron chi connectivity index (χ1n) is 13.9. The fourth-order valence-corrected chi connectivity index (χ4v) is 7.11. The van der Waals surface area contributed by atoms with Gasteiger partial charge in [0.1, 0.15) is 18.5 Å². The number of halogens is 2. The average Bonchev–Trinajstić information content (AvgIpc) is 3.69. The molecule has 0 saturated heterocycles. The van der Waals surface area contributed by atoms with E-state index in [1.54, 1.807) is 41.8 Å². The van der Waals surface area contributed by atoms with Crippen molar-refractivity contribution < 1.29 is 23.4 Å². The summed E-state index contributed by atoms with van der Waals surface area (Å²) in [6.07, 6.45) is 1.71. The van der Waals surface area contributed by atoms with Gasteiger partial charge in [-0.25, -0.2) is 14.2 Å². The molecule has 11 heteroatoms. The van der Waals surface area contributed by atoms with Crippen LogP contribution in [0.2, 0.25) is 5.02 Å². The maximum absolute atomic E-state index is 14.1. The number of aromatic nitrogens is 1. The predicted molar refractivity (Wildman–Crippen MR) is 174 cm³/mol. The summed E-state index contributed by atoms with van der Waals surface area (Å²) < 4.78 is 32.2. The van der Waals surface area contributed by atoms with Gasteiger partial charge in [0.15, 0.2) is 16.3 Å². The summed E-state index contributed by atoms with van der Waals surface area (Å²) in [6.45, 7) is 2.08. The van der Waals surface area contributed by atoms with Crippen molar-refractivity contribution in [2.75, 3.05) is 13.7 Å². The van der Waals surface area contributed by atoms with Crippen LogP contribution >= 0.6 is 34.3 Å². The Balaban J connectivity index is 1.46. The summed E-state index contributed by atoms with van der Waals surface area (Å²) in [5, 5.41) is 2.19. The first-order valence-corrected chi connectivity index (χ1v) is 16.0. The van der Waals surface area contributed by atoms with Gasteiger partial charge >= 0.3 is 5.97 Å². The molecule has 0 bridgehead atoms. The monoisotopic (exact) mass is 660 g/mol. The number of carbonyl (C=O) groups is 1. The number of rotatable bonds is 9. The molecule has 5 aromatic rings. The van der Waals surface area contributed by atoms with Crippen LogP contribution in [0.4, 0.5) is 4.39 Å². The number of thiazole rings is 1. The first kappa shape index (κ1) is 30.5. The van der Waals surface area contributed by atoms with E-state index in [2.05, 4.69) is 0 Å². The van der Waals surface area contributed by atoms with Crippen LogP contribution < -0.4 is 24.4 Å². The van der Waals surface area contributed by atoms with Crippen LogP contribution in [0.15, 0.2) is 99.6 Å². The first-order chi connectivity index (χ1) is 21.9. The van der Waals surface area contributed by atoms with Crippen LogP contribution in [0.5, 0.6) is 11.5 Å². The Bertz CT molecular complexity index is 2070. The zero-order valence-electron chi connectivity index (χ0n) is 24.2. The molecule has 1 atom stereocenters. The van der Waals surface area contributed by atoms with Crippen molar-refractivity contribution in [2.24, 2.45) is 4.99 Å². The minimum atomic E-state index is -0.724. The molecule has 7 nitrogen and oxygen atoms in total. The quantitative estimate of drug-likeness (QED) is 0.172. The molecule has 0 amide bonds. The third kappa shape index (κ3) is 6.22. The lowest BCUT2D eigenvalue weighted by molar-refractivity contribution is -0.138. The molecular formula is C34H26ClFN2O5S2. The smallest absolute Gasteiger partial charge is 0.338 e. The van der Waals surface area contributed by atoms with Crippen LogP contribution in [0.3, 0.4) is 0 Å². The Morgan fingerprint density at radius 3 is 2.56 bits per heavy atom. The van der Waals surface area contributed by atoms with E-state index in [0.29, 0.717) is 37.7 Å². The molecule has 228 valence electrons. The Morgan fingerprint density at radius 2 is 1.87 bits per heavy atom. The van der Waals surface area contributed by atoms with Gasteiger partial charge in [-0.15, -0.1) is 11.3 Å². The molecule has 0 unspecified atom stereocenters. The van der Waals surface area contributed by atoms with Crippen molar-refractivity contribution in [3.63, 3.8) is 0 Å². The Morgan fingerprint density at radius 1 is 1.09 bits per heavy atom. The van der Waals surface area contributed by atoms with Crippen molar-refractivity contribution >= 4 is 52.0 Å². The minimum absolute atomic E-state index is 0.156. The second kappa shape index (κ2) is 13.2. The van der Waals surface area contributed by atoms with Crippen LogP contribution in [-0.2, 0) is 16.1 Å². The van der Waals surface area contributed by atoms with Gasteiger partial charge in [-0.05, 0) is 59.8 Å². The molecule has 3 heterocycles. The third-order valence-corrected chi connectivity index (χ3v) is 9.22. The minimum Gasteiger partial charge on any atom is -0.493 e. The number of hydrogen-bond acceptors (Lipinski definition) is 8. The Hall–Kier alpha value is -4.51. The van der Waals surface area contributed by atoms with Crippen molar-refractivity contribution in [3.05, 3.63) is 142 Å². The molecule has 3 aromatic carbocycles. The second-order valence-electron chi connectivity index (χ2n) is 9.90. The third-order valence-electron chi connectivity index (χ3n) is 7.03. The molecule has 2 aromatic heterocycles. The standard InChI is InChI=1S/C34H26ClFN2O5S2/c1-3-42-33(40)28-29(22-8-5-4-6-9-22)37-34-38(30(28)26-10-7-15-44-26)32(39)27(45-34)18-21-16-24(35)31(25(17-21)41-2)43-19-20-11-13-23(36)14-12-20/h4-18,30H,3,19H2,1-2H3/b27-18-/t30-/m0/s1. The molecule has 1 aliphatic rings. The highest BCUT2D eigenvalue weighted by molar-refractivity contribution is 7.10. The van der Waals surface area contributed by atoms with Crippen LogP contribution in [0.25, 0.3) is 11.8 Å². The van der Waals surface area contributed by atoms with E-state index in [1.165, 1.54) is 41.9 Å².